The molecule has 2 rings (SSSR count). The Hall–Kier alpha value is -1.55. The van der Waals surface area contributed by atoms with Gasteiger partial charge in [-0.25, -0.2) is 0 Å². The van der Waals surface area contributed by atoms with Crippen LogP contribution >= 0.6 is 0 Å². The lowest BCUT2D eigenvalue weighted by atomic mass is 10.2. The Balaban J connectivity index is 1.83. The number of carbonyl (C=O) groups excluding carboxylic acids is 1. The van der Waals surface area contributed by atoms with E-state index in [1.807, 2.05) is 36.1 Å². The van der Waals surface area contributed by atoms with Crippen molar-refractivity contribution < 1.29 is 14.6 Å². The van der Waals surface area contributed by atoms with Gasteiger partial charge in [0.1, 0.15) is 5.75 Å². The lowest BCUT2D eigenvalue weighted by molar-refractivity contribution is -0.134. The summed E-state index contributed by atoms with van der Waals surface area (Å²) in [4.78, 5) is 14.2. The molecule has 0 radical (unpaired) electrons. The first-order valence-electron chi connectivity index (χ1n) is 7.81. The van der Waals surface area contributed by atoms with E-state index in [1.165, 1.54) is 12.8 Å². The normalized spacial score (nSPS) is 15.1. The molecule has 21 heavy (non-hydrogen) atoms. The largest absolute Gasteiger partial charge is 0.493 e. The summed E-state index contributed by atoms with van der Waals surface area (Å²) in [5.41, 5.74) is 1.08. The standard InChI is InChI=1S/C17H25NO3/c1-14-6-2-5-9-16(14)21-13-10-17(20)18(11-12-19)15-7-3-4-8-15/h2,5-6,9,15,19H,3-4,7-8,10-13H2,1H3. The van der Waals surface area contributed by atoms with E-state index in [-0.39, 0.29) is 12.5 Å². The van der Waals surface area contributed by atoms with E-state index in [1.54, 1.807) is 0 Å². The number of nitrogens with zero attached hydrogens (tertiary/aromatic N) is 1. The summed E-state index contributed by atoms with van der Waals surface area (Å²) in [5.74, 6) is 0.921. The Labute approximate surface area is 126 Å². The molecule has 0 unspecified atom stereocenters. The molecule has 0 atom stereocenters. The molecule has 1 fully saturated rings. The highest BCUT2D eigenvalue weighted by atomic mass is 16.5. The molecule has 0 saturated heterocycles. The maximum absolute atomic E-state index is 12.3. The first kappa shape index (κ1) is 15.8. The molecule has 1 saturated carbocycles. The number of para-hydroxylation sites is 1. The van der Waals surface area contributed by atoms with Crippen LogP contribution in [0.1, 0.15) is 37.7 Å². The fourth-order valence-electron chi connectivity index (χ4n) is 2.94. The zero-order chi connectivity index (χ0) is 15.1. The number of rotatable bonds is 7. The Kier molecular flexibility index (Phi) is 6.05. The summed E-state index contributed by atoms with van der Waals surface area (Å²) >= 11 is 0. The molecule has 0 bridgehead atoms. The lowest BCUT2D eigenvalue weighted by Crippen LogP contribution is -2.41. The minimum absolute atomic E-state index is 0.0287. The average Bonchev–Trinajstić information content (AvgIpc) is 3.00. The van der Waals surface area contributed by atoms with E-state index in [4.69, 9.17) is 9.84 Å². The number of hydrogen-bond donors (Lipinski definition) is 1. The molecule has 1 amide bonds. The highest BCUT2D eigenvalue weighted by Gasteiger charge is 2.25. The van der Waals surface area contributed by atoms with Crippen molar-refractivity contribution in [3.8, 4) is 5.75 Å². The highest BCUT2D eigenvalue weighted by Crippen LogP contribution is 2.24. The quantitative estimate of drug-likeness (QED) is 0.840. The van der Waals surface area contributed by atoms with Crippen LogP contribution in [0.5, 0.6) is 5.75 Å². The van der Waals surface area contributed by atoms with Gasteiger partial charge in [0.15, 0.2) is 0 Å². The van der Waals surface area contributed by atoms with Gasteiger partial charge in [0.25, 0.3) is 0 Å². The molecule has 1 N–H and O–H groups in total. The van der Waals surface area contributed by atoms with Gasteiger partial charge in [0.2, 0.25) is 5.91 Å². The molecule has 1 aromatic rings. The van der Waals surface area contributed by atoms with Crippen molar-refractivity contribution in [3.63, 3.8) is 0 Å². The monoisotopic (exact) mass is 291 g/mol. The highest BCUT2D eigenvalue weighted by molar-refractivity contribution is 5.76. The molecular weight excluding hydrogens is 266 g/mol. The van der Waals surface area contributed by atoms with Gasteiger partial charge in [0.05, 0.1) is 19.6 Å². The van der Waals surface area contributed by atoms with Crippen LogP contribution in [0.3, 0.4) is 0 Å². The second-order valence-electron chi connectivity index (χ2n) is 5.61. The molecule has 116 valence electrons. The van der Waals surface area contributed by atoms with Crippen LogP contribution in [-0.4, -0.2) is 41.7 Å². The summed E-state index contributed by atoms with van der Waals surface area (Å²) in [6, 6.07) is 8.12. The SMILES string of the molecule is Cc1ccccc1OCCC(=O)N(CCO)C1CCCC1. The van der Waals surface area contributed by atoms with E-state index < -0.39 is 0 Å². The second kappa shape index (κ2) is 8.03. The molecule has 1 aromatic carbocycles. The molecule has 1 aliphatic carbocycles. The molecule has 1 aliphatic rings. The third kappa shape index (κ3) is 4.46. The van der Waals surface area contributed by atoms with Gasteiger partial charge in [-0.3, -0.25) is 4.79 Å². The number of aryl methyl sites for hydroxylation is 1. The summed E-state index contributed by atoms with van der Waals surface area (Å²) < 4.78 is 5.69. The van der Waals surface area contributed by atoms with Crippen LogP contribution in [0.4, 0.5) is 0 Å². The van der Waals surface area contributed by atoms with Crippen LogP contribution in [0.2, 0.25) is 0 Å². The van der Waals surface area contributed by atoms with Crippen LogP contribution in [0.25, 0.3) is 0 Å². The van der Waals surface area contributed by atoms with E-state index in [2.05, 4.69) is 0 Å². The van der Waals surface area contributed by atoms with Crippen molar-refractivity contribution in [2.75, 3.05) is 19.8 Å². The molecule has 4 nitrogen and oxygen atoms in total. The predicted octanol–water partition coefficient (Wildman–Crippen LogP) is 2.53. The van der Waals surface area contributed by atoms with E-state index >= 15 is 0 Å². The number of aliphatic hydroxyl groups excluding tert-OH is 1. The van der Waals surface area contributed by atoms with Crippen molar-refractivity contribution in [1.29, 1.82) is 0 Å². The molecular formula is C17H25NO3. The molecule has 0 aromatic heterocycles. The maximum atomic E-state index is 12.3. The fourth-order valence-corrected chi connectivity index (χ4v) is 2.94. The van der Waals surface area contributed by atoms with Crippen molar-refractivity contribution >= 4 is 5.91 Å². The van der Waals surface area contributed by atoms with Crippen LogP contribution < -0.4 is 4.74 Å². The van der Waals surface area contributed by atoms with E-state index in [0.717, 1.165) is 24.2 Å². The number of amides is 1. The topological polar surface area (TPSA) is 49.8 Å². The van der Waals surface area contributed by atoms with Gasteiger partial charge in [-0.05, 0) is 31.4 Å². The van der Waals surface area contributed by atoms with Crippen molar-refractivity contribution in [2.45, 2.75) is 45.1 Å². The first-order valence-corrected chi connectivity index (χ1v) is 7.81. The number of aliphatic hydroxyl groups is 1. The Morgan fingerprint density at radius 1 is 1.33 bits per heavy atom. The van der Waals surface area contributed by atoms with Gasteiger partial charge in [-0.15, -0.1) is 0 Å². The van der Waals surface area contributed by atoms with Gasteiger partial charge in [-0.1, -0.05) is 31.0 Å². The number of hydrogen-bond acceptors (Lipinski definition) is 3. The van der Waals surface area contributed by atoms with Crippen LogP contribution in [0.15, 0.2) is 24.3 Å². The third-order valence-electron chi connectivity index (χ3n) is 4.09. The smallest absolute Gasteiger partial charge is 0.226 e. The van der Waals surface area contributed by atoms with Gasteiger partial charge < -0.3 is 14.7 Å². The molecule has 0 spiro atoms. The lowest BCUT2D eigenvalue weighted by Gasteiger charge is -2.28. The van der Waals surface area contributed by atoms with Gasteiger partial charge in [0, 0.05) is 12.6 Å². The predicted molar refractivity (Wildman–Crippen MR) is 82.3 cm³/mol. The maximum Gasteiger partial charge on any atom is 0.226 e. The Morgan fingerprint density at radius 2 is 2.05 bits per heavy atom. The third-order valence-corrected chi connectivity index (χ3v) is 4.09. The second-order valence-corrected chi connectivity index (χ2v) is 5.61. The number of carbonyl (C=O) groups is 1. The molecule has 0 aliphatic heterocycles. The molecule has 0 heterocycles. The Bertz CT molecular complexity index is 455. The number of benzene rings is 1. The summed E-state index contributed by atoms with van der Waals surface area (Å²) in [5, 5.41) is 9.16. The van der Waals surface area contributed by atoms with Crippen molar-refractivity contribution in [3.05, 3.63) is 29.8 Å². The van der Waals surface area contributed by atoms with Crippen LogP contribution in [-0.2, 0) is 4.79 Å². The number of ether oxygens (including phenoxy) is 1. The van der Waals surface area contributed by atoms with Gasteiger partial charge >= 0.3 is 0 Å². The minimum Gasteiger partial charge on any atom is -0.493 e. The molecule has 4 heteroatoms. The van der Waals surface area contributed by atoms with Gasteiger partial charge in [-0.2, -0.15) is 0 Å². The summed E-state index contributed by atoms with van der Waals surface area (Å²) in [6.45, 7) is 2.85. The summed E-state index contributed by atoms with van der Waals surface area (Å²) in [7, 11) is 0. The fraction of sp³-hybridized carbons (Fsp3) is 0.588. The summed E-state index contributed by atoms with van der Waals surface area (Å²) in [6.07, 6.45) is 4.85. The Morgan fingerprint density at radius 3 is 2.71 bits per heavy atom. The first-order chi connectivity index (χ1) is 10.2. The van der Waals surface area contributed by atoms with E-state index in [9.17, 15) is 4.79 Å². The zero-order valence-electron chi connectivity index (χ0n) is 12.8. The zero-order valence-corrected chi connectivity index (χ0v) is 12.8. The van der Waals surface area contributed by atoms with Crippen molar-refractivity contribution in [2.24, 2.45) is 0 Å². The van der Waals surface area contributed by atoms with Crippen molar-refractivity contribution in [1.82, 2.24) is 4.90 Å². The minimum atomic E-state index is 0.0287. The average molecular weight is 291 g/mol. The van der Waals surface area contributed by atoms with Crippen LogP contribution in [0, 0.1) is 6.92 Å². The van der Waals surface area contributed by atoms with E-state index in [0.29, 0.717) is 25.6 Å².